The summed E-state index contributed by atoms with van der Waals surface area (Å²) in [6, 6.07) is 25.0. The summed E-state index contributed by atoms with van der Waals surface area (Å²) in [5.74, 6) is -0.0435. The number of anilines is 2. The number of carbonyl (C=O) groups excluding carboxylic acids is 3. The first-order chi connectivity index (χ1) is 19.1. The highest BCUT2D eigenvalue weighted by molar-refractivity contribution is 6.00. The number of benzene rings is 3. The molecule has 0 bridgehead atoms. The van der Waals surface area contributed by atoms with Crippen LogP contribution in [0.25, 0.3) is 0 Å². The van der Waals surface area contributed by atoms with Crippen LogP contribution < -0.4 is 15.5 Å². The molecule has 39 heavy (non-hydrogen) atoms. The molecular weight excluding hydrogens is 490 g/mol. The number of carbonyl (C=O) groups is 3. The number of piperazine rings is 2. The number of rotatable bonds is 7. The summed E-state index contributed by atoms with van der Waals surface area (Å²) in [5.41, 5.74) is 3.99. The third kappa shape index (κ3) is 6.83. The van der Waals surface area contributed by atoms with Gasteiger partial charge in [0.1, 0.15) is 0 Å². The van der Waals surface area contributed by atoms with E-state index in [0.717, 1.165) is 29.9 Å². The Hall–Kier alpha value is -4.17. The molecule has 0 atom stereocenters. The second kappa shape index (κ2) is 12.6. The Morgan fingerprint density at radius 3 is 1.95 bits per heavy atom. The van der Waals surface area contributed by atoms with Gasteiger partial charge in [-0.05, 0) is 29.3 Å². The Labute approximate surface area is 229 Å². The third-order valence-electron chi connectivity index (χ3n) is 7.30. The Balaban J connectivity index is 1.30. The number of hydrogen-bond donors (Lipinski definition) is 2. The number of hydrogen-bond acceptors (Lipinski definition) is 5. The van der Waals surface area contributed by atoms with E-state index in [1.54, 1.807) is 6.07 Å². The lowest BCUT2D eigenvalue weighted by Crippen LogP contribution is -2.49. The molecule has 5 rings (SSSR count). The van der Waals surface area contributed by atoms with E-state index < -0.39 is 0 Å². The minimum Gasteiger partial charge on any atom is -0.366 e. The van der Waals surface area contributed by atoms with Crippen LogP contribution in [-0.4, -0.2) is 79.9 Å². The first-order valence-electron chi connectivity index (χ1n) is 13.6. The van der Waals surface area contributed by atoms with E-state index >= 15 is 0 Å². The van der Waals surface area contributed by atoms with Gasteiger partial charge in [-0.1, -0.05) is 60.7 Å². The maximum Gasteiger partial charge on any atom is 0.254 e. The van der Waals surface area contributed by atoms with Crippen molar-refractivity contribution in [3.63, 3.8) is 0 Å². The lowest BCUT2D eigenvalue weighted by Gasteiger charge is -2.37. The van der Waals surface area contributed by atoms with Gasteiger partial charge in [0.25, 0.3) is 5.91 Å². The zero-order valence-electron chi connectivity index (χ0n) is 22.1. The molecule has 2 aliphatic rings. The highest BCUT2D eigenvalue weighted by Gasteiger charge is 2.25. The van der Waals surface area contributed by atoms with Crippen molar-refractivity contribution in [3.05, 3.63) is 95.6 Å². The smallest absolute Gasteiger partial charge is 0.254 e. The van der Waals surface area contributed by atoms with Crippen LogP contribution in [0.15, 0.2) is 78.9 Å². The quantitative estimate of drug-likeness (QED) is 0.496. The maximum atomic E-state index is 13.2. The molecule has 0 aromatic heterocycles. The van der Waals surface area contributed by atoms with E-state index in [-0.39, 0.29) is 24.1 Å². The van der Waals surface area contributed by atoms with Crippen molar-refractivity contribution < 1.29 is 14.4 Å². The second-order valence-electron chi connectivity index (χ2n) is 10.0. The molecule has 0 aliphatic carbocycles. The van der Waals surface area contributed by atoms with Gasteiger partial charge < -0.3 is 25.3 Å². The standard InChI is InChI=1S/C31H35N5O3/c37-29(21-24-7-3-1-4-8-24)33-27-23-26(31(39)36-15-13-32-14-16-36)11-12-28(27)34-17-19-35(20-18-34)30(38)22-25-9-5-2-6-10-25/h1-12,23,32H,13-22H2,(H,33,37). The number of nitrogens with one attached hydrogen (secondary N) is 2. The number of nitrogens with zero attached hydrogens (tertiary/aromatic N) is 3. The predicted octanol–water partition coefficient (Wildman–Crippen LogP) is 2.80. The second-order valence-corrected chi connectivity index (χ2v) is 10.0. The van der Waals surface area contributed by atoms with Gasteiger partial charge in [0.15, 0.2) is 0 Å². The van der Waals surface area contributed by atoms with E-state index in [2.05, 4.69) is 15.5 Å². The SMILES string of the molecule is O=C(Cc1ccccc1)Nc1cc(C(=O)N2CCNCC2)ccc1N1CCN(C(=O)Cc2ccccc2)CC1. The van der Waals surface area contributed by atoms with Gasteiger partial charge >= 0.3 is 0 Å². The van der Waals surface area contributed by atoms with Crippen molar-refractivity contribution in [2.75, 3.05) is 62.6 Å². The van der Waals surface area contributed by atoms with E-state index in [0.29, 0.717) is 56.9 Å². The molecule has 3 amide bonds. The van der Waals surface area contributed by atoms with Crippen LogP contribution in [0.1, 0.15) is 21.5 Å². The molecular formula is C31H35N5O3. The molecule has 3 aromatic carbocycles. The lowest BCUT2D eigenvalue weighted by atomic mass is 10.1. The van der Waals surface area contributed by atoms with Crippen LogP contribution in [0.4, 0.5) is 11.4 Å². The van der Waals surface area contributed by atoms with Crippen molar-refractivity contribution in [3.8, 4) is 0 Å². The molecule has 0 spiro atoms. The van der Waals surface area contributed by atoms with Gasteiger partial charge in [0.2, 0.25) is 11.8 Å². The predicted molar refractivity (Wildman–Crippen MR) is 153 cm³/mol. The minimum absolute atomic E-state index is 0.0297. The van der Waals surface area contributed by atoms with E-state index in [1.165, 1.54) is 0 Å². The van der Waals surface area contributed by atoms with E-state index in [9.17, 15) is 14.4 Å². The average molecular weight is 526 g/mol. The van der Waals surface area contributed by atoms with Crippen molar-refractivity contribution in [2.24, 2.45) is 0 Å². The van der Waals surface area contributed by atoms with Gasteiger partial charge in [-0.3, -0.25) is 14.4 Å². The first-order valence-corrected chi connectivity index (χ1v) is 13.6. The van der Waals surface area contributed by atoms with Crippen molar-refractivity contribution in [1.29, 1.82) is 0 Å². The summed E-state index contributed by atoms with van der Waals surface area (Å²) in [7, 11) is 0. The minimum atomic E-state index is -0.133. The van der Waals surface area contributed by atoms with Crippen molar-refractivity contribution in [2.45, 2.75) is 12.8 Å². The van der Waals surface area contributed by atoms with Gasteiger partial charge in [-0.2, -0.15) is 0 Å². The Kier molecular flexibility index (Phi) is 8.53. The summed E-state index contributed by atoms with van der Waals surface area (Å²) in [5, 5.41) is 6.35. The van der Waals surface area contributed by atoms with Crippen LogP contribution in [0.2, 0.25) is 0 Å². The van der Waals surface area contributed by atoms with Gasteiger partial charge in [-0.25, -0.2) is 0 Å². The fourth-order valence-corrected chi connectivity index (χ4v) is 5.15. The molecule has 202 valence electrons. The maximum absolute atomic E-state index is 13.2. The van der Waals surface area contributed by atoms with E-state index in [4.69, 9.17) is 0 Å². The molecule has 2 fully saturated rings. The fourth-order valence-electron chi connectivity index (χ4n) is 5.15. The summed E-state index contributed by atoms with van der Waals surface area (Å²) < 4.78 is 0. The zero-order chi connectivity index (χ0) is 27.0. The fraction of sp³-hybridized carbons (Fsp3) is 0.323. The molecule has 2 N–H and O–H groups in total. The summed E-state index contributed by atoms with van der Waals surface area (Å²) in [4.78, 5) is 45.0. The Morgan fingerprint density at radius 1 is 0.692 bits per heavy atom. The number of amides is 3. The molecule has 0 radical (unpaired) electrons. The summed E-state index contributed by atoms with van der Waals surface area (Å²) in [6.45, 7) is 5.37. The van der Waals surface area contributed by atoms with E-state index in [1.807, 2.05) is 82.6 Å². The van der Waals surface area contributed by atoms with Crippen molar-refractivity contribution >= 4 is 29.1 Å². The molecule has 0 saturated carbocycles. The molecule has 2 saturated heterocycles. The highest BCUT2D eigenvalue weighted by atomic mass is 16.2. The third-order valence-corrected chi connectivity index (χ3v) is 7.30. The van der Waals surface area contributed by atoms with Crippen LogP contribution >= 0.6 is 0 Å². The zero-order valence-corrected chi connectivity index (χ0v) is 22.1. The molecule has 2 heterocycles. The monoisotopic (exact) mass is 525 g/mol. The molecule has 2 aliphatic heterocycles. The normalized spacial score (nSPS) is 15.6. The molecule has 8 heteroatoms. The summed E-state index contributed by atoms with van der Waals surface area (Å²) in [6.07, 6.45) is 0.641. The van der Waals surface area contributed by atoms with Crippen molar-refractivity contribution in [1.82, 2.24) is 15.1 Å². The average Bonchev–Trinajstić information content (AvgIpc) is 2.98. The molecule has 0 unspecified atom stereocenters. The lowest BCUT2D eigenvalue weighted by molar-refractivity contribution is -0.130. The summed E-state index contributed by atoms with van der Waals surface area (Å²) >= 11 is 0. The topological polar surface area (TPSA) is 85.0 Å². The van der Waals surface area contributed by atoms with Crippen LogP contribution in [0.3, 0.4) is 0 Å². The van der Waals surface area contributed by atoms with Gasteiger partial charge in [0.05, 0.1) is 24.2 Å². The van der Waals surface area contributed by atoms with Crippen LogP contribution in [0.5, 0.6) is 0 Å². The largest absolute Gasteiger partial charge is 0.366 e. The Bertz CT molecular complexity index is 1280. The van der Waals surface area contributed by atoms with Crippen LogP contribution in [-0.2, 0) is 22.4 Å². The molecule has 3 aromatic rings. The highest BCUT2D eigenvalue weighted by Crippen LogP contribution is 2.29. The van der Waals surface area contributed by atoms with Gasteiger partial charge in [-0.15, -0.1) is 0 Å². The van der Waals surface area contributed by atoms with Crippen LogP contribution in [0, 0.1) is 0 Å². The first kappa shape index (κ1) is 26.4. The molecule has 8 nitrogen and oxygen atoms in total. The van der Waals surface area contributed by atoms with Gasteiger partial charge in [0, 0.05) is 57.9 Å². The Morgan fingerprint density at radius 2 is 1.31 bits per heavy atom.